The number of nitrogens with one attached hydrogen (secondary N) is 1. The van der Waals surface area contributed by atoms with Gasteiger partial charge < -0.3 is 16.1 Å². The van der Waals surface area contributed by atoms with E-state index in [1.165, 1.54) is 12.0 Å². The molecule has 0 aliphatic heterocycles. The highest BCUT2D eigenvalue weighted by molar-refractivity contribution is 5.79. The van der Waals surface area contributed by atoms with E-state index in [4.69, 9.17) is 5.84 Å². The number of nitrogens with two attached hydrogens (primary N) is 1. The smallest absolute Gasteiger partial charge is 0.0538 e. The second kappa shape index (κ2) is 7.81. The van der Waals surface area contributed by atoms with Crippen LogP contribution in [0, 0.1) is 0 Å². The van der Waals surface area contributed by atoms with Gasteiger partial charge >= 0.3 is 0 Å². The largest absolute Gasteiger partial charge is 0.323 e. The molecule has 0 spiro atoms. The zero-order valence-electron chi connectivity index (χ0n) is 10.7. The maximum atomic E-state index is 5.09. The summed E-state index contributed by atoms with van der Waals surface area (Å²) in [5, 5.41) is 6.92. The van der Waals surface area contributed by atoms with Crippen molar-refractivity contribution in [3.63, 3.8) is 0 Å². The predicted molar refractivity (Wildman–Crippen MR) is 73.1 cm³/mol. The molecule has 4 nitrogen and oxygen atoms in total. The summed E-state index contributed by atoms with van der Waals surface area (Å²) < 4.78 is 0. The Morgan fingerprint density at radius 2 is 2.00 bits per heavy atom. The van der Waals surface area contributed by atoms with E-state index >= 15 is 0 Å². The number of hydrogen-bond acceptors (Lipinski definition) is 4. The van der Waals surface area contributed by atoms with Crippen LogP contribution in [0.3, 0.4) is 0 Å². The number of nitrogens with zero attached hydrogens (tertiary/aromatic N) is 2. The first-order chi connectivity index (χ1) is 8.22. The Bertz CT molecular complexity index is 330. The lowest BCUT2D eigenvalue weighted by Crippen LogP contribution is -2.20. The maximum absolute atomic E-state index is 5.09. The van der Waals surface area contributed by atoms with Gasteiger partial charge in [0.2, 0.25) is 0 Å². The van der Waals surface area contributed by atoms with Gasteiger partial charge in [0, 0.05) is 6.54 Å². The Labute approximate surface area is 104 Å². The van der Waals surface area contributed by atoms with Gasteiger partial charge in [-0.1, -0.05) is 24.3 Å². The van der Waals surface area contributed by atoms with Gasteiger partial charge in [0.25, 0.3) is 0 Å². The topological polar surface area (TPSA) is 53.6 Å². The lowest BCUT2D eigenvalue weighted by molar-refractivity contribution is 0.394. The van der Waals surface area contributed by atoms with E-state index in [2.05, 4.69) is 41.5 Å². The molecule has 0 unspecified atom stereocenters. The highest BCUT2D eigenvalue weighted by Gasteiger charge is 1.94. The molecule has 0 fully saturated rings. The summed E-state index contributed by atoms with van der Waals surface area (Å²) in [5.41, 5.74) is 2.31. The van der Waals surface area contributed by atoms with Crippen LogP contribution in [-0.2, 0) is 6.54 Å². The third-order valence-electron chi connectivity index (χ3n) is 2.49. The van der Waals surface area contributed by atoms with Crippen LogP contribution < -0.4 is 11.2 Å². The van der Waals surface area contributed by atoms with Crippen molar-refractivity contribution in [1.29, 1.82) is 0 Å². The second-order valence-electron chi connectivity index (χ2n) is 4.35. The minimum atomic E-state index is 0.910. The van der Waals surface area contributed by atoms with Crippen LogP contribution in [0.25, 0.3) is 0 Å². The number of benzene rings is 1. The van der Waals surface area contributed by atoms with E-state index in [1.807, 2.05) is 12.1 Å². The molecule has 0 amide bonds. The van der Waals surface area contributed by atoms with E-state index in [1.54, 1.807) is 6.21 Å². The highest BCUT2D eigenvalue weighted by atomic mass is 15.1. The van der Waals surface area contributed by atoms with Gasteiger partial charge in [-0.3, -0.25) is 0 Å². The quantitative estimate of drug-likeness (QED) is 0.320. The molecule has 1 rings (SSSR count). The van der Waals surface area contributed by atoms with Crippen LogP contribution >= 0.6 is 0 Å². The van der Waals surface area contributed by atoms with Gasteiger partial charge in [0.1, 0.15) is 0 Å². The van der Waals surface area contributed by atoms with Gasteiger partial charge in [0.05, 0.1) is 6.21 Å². The molecule has 0 aromatic heterocycles. The Kier molecular flexibility index (Phi) is 6.29. The summed E-state index contributed by atoms with van der Waals surface area (Å²) in [6, 6.07) is 8.23. The standard InChI is InChI=1S/C13H22N4/c1-17(2)9-3-8-15-10-12-4-6-13(7-5-12)11-16-14/h4-7,11,15H,3,8-10,14H2,1-2H3. The number of rotatable bonds is 7. The minimum absolute atomic E-state index is 0.910. The van der Waals surface area contributed by atoms with Crippen LogP contribution in [0.1, 0.15) is 17.5 Å². The maximum Gasteiger partial charge on any atom is 0.0538 e. The molecule has 0 atom stereocenters. The van der Waals surface area contributed by atoms with Crippen molar-refractivity contribution in [3.8, 4) is 0 Å². The molecule has 0 aliphatic carbocycles. The molecule has 17 heavy (non-hydrogen) atoms. The summed E-state index contributed by atoms with van der Waals surface area (Å²) >= 11 is 0. The van der Waals surface area contributed by atoms with Crippen molar-refractivity contribution in [1.82, 2.24) is 10.2 Å². The Morgan fingerprint density at radius 1 is 1.29 bits per heavy atom. The predicted octanol–water partition coefficient (Wildman–Crippen LogP) is 1.02. The first-order valence-electron chi connectivity index (χ1n) is 5.90. The van der Waals surface area contributed by atoms with E-state index in [9.17, 15) is 0 Å². The summed E-state index contributed by atoms with van der Waals surface area (Å²) in [7, 11) is 4.19. The zero-order valence-corrected chi connectivity index (χ0v) is 10.7. The number of hydrogen-bond donors (Lipinski definition) is 2. The lowest BCUT2D eigenvalue weighted by atomic mass is 10.1. The fraction of sp³-hybridized carbons (Fsp3) is 0.462. The first kappa shape index (κ1) is 13.7. The van der Waals surface area contributed by atoms with Crippen molar-refractivity contribution in [3.05, 3.63) is 35.4 Å². The van der Waals surface area contributed by atoms with Gasteiger partial charge in [-0.2, -0.15) is 5.10 Å². The molecule has 94 valence electrons. The summed E-state index contributed by atoms with van der Waals surface area (Å²) in [6.45, 7) is 3.08. The third-order valence-corrected chi connectivity index (χ3v) is 2.49. The van der Waals surface area contributed by atoms with E-state index < -0.39 is 0 Å². The van der Waals surface area contributed by atoms with Crippen molar-refractivity contribution in [2.75, 3.05) is 27.2 Å². The molecule has 0 radical (unpaired) electrons. The lowest BCUT2D eigenvalue weighted by Gasteiger charge is -2.09. The fourth-order valence-electron chi connectivity index (χ4n) is 1.56. The third kappa shape index (κ3) is 6.04. The summed E-state index contributed by atoms with van der Waals surface area (Å²) in [5.74, 6) is 5.09. The number of hydrazone groups is 1. The van der Waals surface area contributed by atoms with Gasteiger partial charge in [-0.15, -0.1) is 0 Å². The Balaban J connectivity index is 2.23. The first-order valence-corrected chi connectivity index (χ1v) is 5.90. The molecule has 0 bridgehead atoms. The fourth-order valence-corrected chi connectivity index (χ4v) is 1.56. The molecule has 4 heteroatoms. The van der Waals surface area contributed by atoms with Gasteiger partial charge in [-0.25, -0.2) is 0 Å². The van der Waals surface area contributed by atoms with Crippen LogP contribution in [0.15, 0.2) is 29.4 Å². The summed E-state index contributed by atoms with van der Waals surface area (Å²) in [6.07, 6.45) is 2.82. The Hall–Kier alpha value is -1.39. The second-order valence-corrected chi connectivity index (χ2v) is 4.35. The van der Waals surface area contributed by atoms with Gasteiger partial charge in [-0.05, 0) is 44.7 Å². The molecule has 0 heterocycles. The van der Waals surface area contributed by atoms with Gasteiger partial charge in [0.15, 0.2) is 0 Å². The molecule has 0 saturated heterocycles. The average molecular weight is 234 g/mol. The summed E-state index contributed by atoms with van der Waals surface area (Å²) in [4.78, 5) is 2.20. The van der Waals surface area contributed by atoms with E-state index in [0.717, 1.165) is 25.2 Å². The minimum Gasteiger partial charge on any atom is -0.323 e. The average Bonchev–Trinajstić information content (AvgIpc) is 2.31. The van der Waals surface area contributed by atoms with Crippen LogP contribution in [-0.4, -0.2) is 38.3 Å². The van der Waals surface area contributed by atoms with Crippen LogP contribution in [0.5, 0.6) is 0 Å². The highest BCUT2D eigenvalue weighted by Crippen LogP contribution is 2.02. The SMILES string of the molecule is CN(C)CCCNCc1ccc(C=NN)cc1. The van der Waals surface area contributed by atoms with Crippen molar-refractivity contribution >= 4 is 6.21 Å². The zero-order chi connectivity index (χ0) is 12.5. The molecule has 1 aromatic carbocycles. The van der Waals surface area contributed by atoms with Crippen LogP contribution in [0.2, 0.25) is 0 Å². The molecular weight excluding hydrogens is 212 g/mol. The van der Waals surface area contributed by atoms with E-state index in [-0.39, 0.29) is 0 Å². The molecule has 1 aromatic rings. The van der Waals surface area contributed by atoms with E-state index in [0.29, 0.717) is 0 Å². The van der Waals surface area contributed by atoms with Crippen molar-refractivity contribution < 1.29 is 0 Å². The molecule has 0 aliphatic rings. The molecule has 0 saturated carbocycles. The normalized spacial score (nSPS) is 11.5. The van der Waals surface area contributed by atoms with Crippen molar-refractivity contribution in [2.45, 2.75) is 13.0 Å². The van der Waals surface area contributed by atoms with Crippen LogP contribution in [0.4, 0.5) is 0 Å². The van der Waals surface area contributed by atoms with Crippen molar-refractivity contribution in [2.24, 2.45) is 10.9 Å². The molecule has 3 N–H and O–H groups in total. The Morgan fingerprint density at radius 3 is 2.59 bits per heavy atom. The molecular formula is C13H22N4. The monoisotopic (exact) mass is 234 g/mol.